The quantitative estimate of drug-likeness (QED) is 0.660. The van der Waals surface area contributed by atoms with Gasteiger partial charge in [0.2, 0.25) is 0 Å². The number of nitrogens with zero attached hydrogens (tertiary/aromatic N) is 1. The second-order valence-electron chi connectivity index (χ2n) is 4.80. The molecule has 15 heavy (non-hydrogen) atoms. The highest BCUT2D eigenvalue weighted by atomic mass is 16.1. The van der Waals surface area contributed by atoms with E-state index in [1.165, 1.54) is 6.92 Å². The molecule has 0 saturated carbocycles. The predicted molar refractivity (Wildman–Crippen MR) is 60.4 cm³/mol. The molecule has 0 aromatic carbocycles. The van der Waals surface area contributed by atoms with Crippen molar-refractivity contribution in [1.82, 2.24) is 4.57 Å². The van der Waals surface area contributed by atoms with Gasteiger partial charge in [-0.25, -0.2) is 0 Å². The second kappa shape index (κ2) is 3.65. The summed E-state index contributed by atoms with van der Waals surface area (Å²) < 4.78 is 1.55. The van der Waals surface area contributed by atoms with Crippen molar-refractivity contribution in [2.24, 2.45) is 7.05 Å². The topological polar surface area (TPSA) is 39.1 Å². The Morgan fingerprint density at radius 2 is 1.80 bits per heavy atom. The van der Waals surface area contributed by atoms with Crippen LogP contribution in [0.2, 0.25) is 0 Å². The van der Waals surface area contributed by atoms with E-state index < -0.39 is 0 Å². The van der Waals surface area contributed by atoms with Crippen molar-refractivity contribution >= 4 is 5.78 Å². The Kier molecular flexibility index (Phi) is 2.84. The van der Waals surface area contributed by atoms with Gasteiger partial charge in [-0.05, 0) is 19.1 Å². The lowest BCUT2D eigenvalue weighted by Crippen LogP contribution is -2.30. The molecule has 1 rings (SSSR count). The first-order chi connectivity index (χ1) is 6.75. The predicted octanol–water partition coefficient (Wildman–Crippen LogP) is 1.89. The molecule has 0 bridgehead atoms. The van der Waals surface area contributed by atoms with E-state index in [1.54, 1.807) is 17.7 Å². The fraction of sp³-hybridized carbons (Fsp3) is 0.500. The second-order valence-corrected chi connectivity index (χ2v) is 4.80. The van der Waals surface area contributed by atoms with Crippen LogP contribution in [-0.4, -0.2) is 10.4 Å². The molecular formula is C12H17NO2. The van der Waals surface area contributed by atoms with Crippen LogP contribution >= 0.6 is 0 Å². The number of hydrogen-bond acceptors (Lipinski definition) is 2. The smallest absolute Gasteiger partial charge is 0.261 e. The molecule has 3 heteroatoms. The number of carbonyl (C=O) groups excluding carboxylic acids is 1. The van der Waals surface area contributed by atoms with E-state index in [-0.39, 0.29) is 22.3 Å². The van der Waals surface area contributed by atoms with Crippen molar-refractivity contribution in [1.29, 1.82) is 0 Å². The van der Waals surface area contributed by atoms with E-state index in [0.29, 0.717) is 0 Å². The number of ketones is 1. The van der Waals surface area contributed by atoms with Crippen LogP contribution in [0.4, 0.5) is 0 Å². The molecule has 0 saturated heterocycles. The Bertz CT molecular complexity index is 450. The molecule has 1 heterocycles. The molecule has 1 aromatic heterocycles. The van der Waals surface area contributed by atoms with Gasteiger partial charge in [-0.2, -0.15) is 0 Å². The highest BCUT2D eigenvalue weighted by Gasteiger charge is 2.19. The van der Waals surface area contributed by atoms with Crippen molar-refractivity contribution < 1.29 is 4.79 Å². The van der Waals surface area contributed by atoms with Gasteiger partial charge >= 0.3 is 0 Å². The molecule has 1 aromatic rings. The van der Waals surface area contributed by atoms with Gasteiger partial charge in [0.15, 0.2) is 5.78 Å². The van der Waals surface area contributed by atoms with Crippen LogP contribution in [0.5, 0.6) is 0 Å². The van der Waals surface area contributed by atoms with E-state index in [4.69, 9.17) is 0 Å². The fourth-order valence-electron chi connectivity index (χ4n) is 1.66. The molecule has 0 unspecified atom stereocenters. The van der Waals surface area contributed by atoms with Gasteiger partial charge in [0, 0.05) is 18.2 Å². The van der Waals surface area contributed by atoms with E-state index in [2.05, 4.69) is 0 Å². The van der Waals surface area contributed by atoms with Gasteiger partial charge < -0.3 is 4.57 Å². The van der Waals surface area contributed by atoms with E-state index in [1.807, 2.05) is 26.8 Å². The van der Waals surface area contributed by atoms with E-state index >= 15 is 0 Å². The lowest BCUT2D eigenvalue weighted by atomic mass is 9.91. The Labute approximate surface area is 89.7 Å². The molecule has 0 N–H and O–H groups in total. The average molecular weight is 207 g/mol. The van der Waals surface area contributed by atoms with Crippen LogP contribution in [0.25, 0.3) is 0 Å². The third-order valence-electron chi connectivity index (χ3n) is 2.45. The van der Waals surface area contributed by atoms with Gasteiger partial charge in [-0.1, -0.05) is 20.8 Å². The minimum Gasteiger partial charge on any atom is -0.315 e. The third kappa shape index (κ3) is 2.17. The first-order valence-electron chi connectivity index (χ1n) is 4.96. The number of aromatic nitrogens is 1. The zero-order chi connectivity index (χ0) is 11.8. The molecule has 0 aliphatic rings. The minimum atomic E-state index is -0.213. The summed E-state index contributed by atoms with van der Waals surface area (Å²) in [6, 6.07) is 3.46. The lowest BCUT2D eigenvalue weighted by Gasteiger charge is -2.22. The Morgan fingerprint density at radius 3 is 2.20 bits per heavy atom. The zero-order valence-electron chi connectivity index (χ0n) is 9.92. The number of hydrogen-bond donors (Lipinski definition) is 0. The molecule has 3 nitrogen and oxygen atoms in total. The van der Waals surface area contributed by atoms with Crippen molar-refractivity contribution in [3.63, 3.8) is 0 Å². The summed E-state index contributed by atoms with van der Waals surface area (Å²) in [7, 11) is 1.70. The van der Waals surface area contributed by atoms with Crippen molar-refractivity contribution in [3.05, 3.63) is 33.7 Å². The van der Waals surface area contributed by atoms with Crippen molar-refractivity contribution in [2.45, 2.75) is 33.1 Å². The molecule has 0 aliphatic heterocycles. The summed E-state index contributed by atoms with van der Waals surface area (Å²) in [5, 5.41) is 0. The maximum absolute atomic E-state index is 11.8. The summed E-state index contributed by atoms with van der Waals surface area (Å²) in [4.78, 5) is 23.0. The van der Waals surface area contributed by atoms with Gasteiger partial charge in [-0.15, -0.1) is 0 Å². The summed E-state index contributed by atoms with van der Waals surface area (Å²) in [5.41, 5.74) is 0.876. The standard InChI is InChI=1S/C12H17NO2/c1-8(14)9-6-7-10(12(2,3)4)13(5)11(9)15/h6-7H,1-5H3. The van der Waals surface area contributed by atoms with Crippen LogP contribution in [0.15, 0.2) is 16.9 Å². The number of rotatable bonds is 1. The lowest BCUT2D eigenvalue weighted by molar-refractivity contribution is 0.101. The Hall–Kier alpha value is -1.38. The van der Waals surface area contributed by atoms with Crippen LogP contribution < -0.4 is 5.56 Å². The number of pyridine rings is 1. The molecule has 0 radical (unpaired) electrons. The Morgan fingerprint density at radius 1 is 1.27 bits per heavy atom. The monoisotopic (exact) mass is 207 g/mol. The van der Waals surface area contributed by atoms with Crippen LogP contribution in [0, 0.1) is 0 Å². The van der Waals surface area contributed by atoms with E-state index in [9.17, 15) is 9.59 Å². The molecule has 0 fully saturated rings. The number of Topliss-reactive ketones (excluding diaryl/α,β-unsaturated/α-hetero) is 1. The first-order valence-corrected chi connectivity index (χ1v) is 4.96. The van der Waals surface area contributed by atoms with Gasteiger partial charge in [-0.3, -0.25) is 9.59 Å². The molecule has 0 aliphatic carbocycles. The largest absolute Gasteiger partial charge is 0.315 e. The minimum absolute atomic E-state index is 0.0940. The summed E-state index contributed by atoms with van der Waals surface area (Å²) in [5.74, 6) is -0.184. The summed E-state index contributed by atoms with van der Waals surface area (Å²) in [6.07, 6.45) is 0. The zero-order valence-corrected chi connectivity index (χ0v) is 9.92. The van der Waals surface area contributed by atoms with Crippen molar-refractivity contribution in [2.75, 3.05) is 0 Å². The van der Waals surface area contributed by atoms with Crippen LogP contribution in [0.1, 0.15) is 43.7 Å². The van der Waals surface area contributed by atoms with Crippen molar-refractivity contribution in [3.8, 4) is 0 Å². The maximum Gasteiger partial charge on any atom is 0.261 e. The third-order valence-corrected chi connectivity index (χ3v) is 2.45. The SMILES string of the molecule is CC(=O)c1ccc(C(C)(C)C)n(C)c1=O. The average Bonchev–Trinajstić information content (AvgIpc) is 2.06. The van der Waals surface area contributed by atoms with E-state index in [0.717, 1.165) is 5.69 Å². The highest BCUT2D eigenvalue weighted by Crippen LogP contribution is 2.20. The highest BCUT2D eigenvalue weighted by molar-refractivity contribution is 5.93. The Balaban J connectivity index is 3.48. The van der Waals surface area contributed by atoms with Gasteiger partial charge in [0.25, 0.3) is 5.56 Å². The molecule has 82 valence electrons. The van der Waals surface area contributed by atoms with Crippen LogP contribution in [-0.2, 0) is 12.5 Å². The fourth-order valence-corrected chi connectivity index (χ4v) is 1.66. The first kappa shape index (κ1) is 11.7. The number of carbonyl (C=O) groups is 1. The maximum atomic E-state index is 11.8. The summed E-state index contributed by atoms with van der Waals surface area (Å²) in [6.45, 7) is 7.52. The van der Waals surface area contributed by atoms with Crippen LogP contribution in [0.3, 0.4) is 0 Å². The normalized spacial score (nSPS) is 11.5. The van der Waals surface area contributed by atoms with Gasteiger partial charge in [0.05, 0.1) is 5.56 Å². The van der Waals surface area contributed by atoms with Gasteiger partial charge in [0.1, 0.15) is 0 Å². The summed E-state index contributed by atoms with van der Waals surface area (Å²) >= 11 is 0. The molecule has 0 amide bonds. The molecular weight excluding hydrogens is 190 g/mol. The molecule has 0 atom stereocenters. The molecule has 0 spiro atoms.